The van der Waals surface area contributed by atoms with Gasteiger partial charge in [0.05, 0.1) is 6.21 Å². The van der Waals surface area contributed by atoms with Crippen molar-refractivity contribution >= 4 is 28.1 Å². The molecule has 3 rings (SSSR count). The standard InChI is InChI=1S/C22H18BrNO4/c23-20-8-4-16(5-9-20)14-27-21-10-6-18(7-11-21)19-3-1-2-17(12-19)13-24-28-15-22(25)26/h1-13H,14-15H2,(H,25,26). The molecule has 0 heterocycles. The molecule has 5 nitrogen and oxygen atoms in total. The highest BCUT2D eigenvalue weighted by Gasteiger charge is 2.01. The number of hydrogen-bond acceptors (Lipinski definition) is 4. The number of carboxylic acids is 1. The minimum absolute atomic E-state index is 0.460. The Morgan fingerprint density at radius 1 is 1.00 bits per heavy atom. The number of benzene rings is 3. The molecule has 3 aromatic carbocycles. The van der Waals surface area contributed by atoms with Gasteiger partial charge in [0.25, 0.3) is 0 Å². The Balaban J connectivity index is 1.62. The van der Waals surface area contributed by atoms with E-state index in [1.807, 2.05) is 72.8 Å². The Hall–Kier alpha value is -3.12. The molecule has 1 N–H and O–H groups in total. The van der Waals surface area contributed by atoms with Crippen LogP contribution in [0.15, 0.2) is 82.4 Å². The smallest absolute Gasteiger partial charge is 0.344 e. The van der Waals surface area contributed by atoms with Gasteiger partial charge in [0.2, 0.25) is 6.61 Å². The molecular formula is C22H18BrNO4. The Morgan fingerprint density at radius 3 is 2.46 bits per heavy atom. The van der Waals surface area contributed by atoms with Gasteiger partial charge in [-0.05, 0) is 52.6 Å². The zero-order valence-corrected chi connectivity index (χ0v) is 16.5. The van der Waals surface area contributed by atoms with Crippen LogP contribution in [0.2, 0.25) is 0 Å². The summed E-state index contributed by atoms with van der Waals surface area (Å²) in [7, 11) is 0. The highest BCUT2D eigenvalue weighted by atomic mass is 79.9. The summed E-state index contributed by atoms with van der Waals surface area (Å²) in [5, 5.41) is 12.2. The molecule has 0 aromatic heterocycles. The number of aliphatic carboxylic acids is 1. The minimum Gasteiger partial charge on any atom is -0.489 e. The van der Waals surface area contributed by atoms with Crippen LogP contribution in [0.1, 0.15) is 11.1 Å². The molecule has 142 valence electrons. The van der Waals surface area contributed by atoms with Crippen molar-refractivity contribution in [1.29, 1.82) is 0 Å². The monoisotopic (exact) mass is 439 g/mol. The molecule has 0 saturated heterocycles. The van der Waals surface area contributed by atoms with Gasteiger partial charge in [0.1, 0.15) is 12.4 Å². The molecule has 0 bridgehead atoms. The summed E-state index contributed by atoms with van der Waals surface area (Å²) >= 11 is 3.42. The minimum atomic E-state index is -1.06. The van der Waals surface area contributed by atoms with Crippen molar-refractivity contribution in [1.82, 2.24) is 0 Å². The largest absolute Gasteiger partial charge is 0.489 e. The van der Waals surface area contributed by atoms with Gasteiger partial charge in [-0.1, -0.05) is 63.6 Å². The molecule has 3 aromatic rings. The molecule has 0 atom stereocenters. The molecule has 0 aliphatic heterocycles. The van der Waals surface area contributed by atoms with Crippen molar-refractivity contribution in [2.75, 3.05) is 6.61 Å². The molecule has 0 radical (unpaired) electrons. The average Bonchev–Trinajstić information content (AvgIpc) is 2.71. The number of carbonyl (C=O) groups is 1. The van der Waals surface area contributed by atoms with Gasteiger partial charge < -0.3 is 14.7 Å². The summed E-state index contributed by atoms with van der Waals surface area (Å²) in [6, 6.07) is 23.6. The van der Waals surface area contributed by atoms with Crippen LogP contribution in [-0.4, -0.2) is 23.9 Å². The molecule has 0 aliphatic rings. The second-order valence-electron chi connectivity index (χ2n) is 5.97. The summed E-state index contributed by atoms with van der Waals surface area (Å²) in [5.41, 5.74) is 3.97. The van der Waals surface area contributed by atoms with Gasteiger partial charge >= 0.3 is 5.97 Å². The lowest BCUT2D eigenvalue weighted by Crippen LogP contribution is -2.03. The predicted molar refractivity (Wildman–Crippen MR) is 112 cm³/mol. The highest BCUT2D eigenvalue weighted by molar-refractivity contribution is 9.10. The maximum Gasteiger partial charge on any atom is 0.344 e. The molecule has 0 fully saturated rings. The molecule has 0 unspecified atom stereocenters. The van der Waals surface area contributed by atoms with E-state index in [0.717, 1.165) is 32.5 Å². The lowest BCUT2D eigenvalue weighted by molar-refractivity contribution is -0.142. The first-order valence-corrected chi connectivity index (χ1v) is 9.34. The van der Waals surface area contributed by atoms with Crippen LogP contribution in [-0.2, 0) is 16.2 Å². The average molecular weight is 440 g/mol. The lowest BCUT2D eigenvalue weighted by atomic mass is 10.0. The fourth-order valence-electron chi connectivity index (χ4n) is 2.48. The second-order valence-corrected chi connectivity index (χ2v) is 6.88. The molecular weight excluding hydrogens is 422 g/mol. The second kappa shape index (κ2) is 9.71. The van der Waals surface area contributed by atoms with Gasteiger partial charge in [-0.15, -0.1) is 0 Å². The zero-order valence-electron chi connectivity index (χ0n) is 14.9. The van der Waals surface area contributed by atoms with Crippen LogP contribution in [0.5, 0.6) is 5.75 Å². The number of rotatable bonds is 8. The van der Waals surface area contributed by atoms with Crippen LogP contribution in [0.3, 0.4) is 0 Å². The first kappa shape index (κ1) is 19.6. The van der Waals surface area contributed by atoms with Crippen molar-refractivity contribution in [2.24, 2.45) is 5.16 Å². The Morgan fingerprint density at radius 2 is 1.75 bits per heavy atom. The maximum atomic E-state index is 10.4. The molecule has 0 saturated carbocycles. The Bertz CT molecular complexity index is 953. The van der Waals surface area contributed by atoms with E-state index in [0.29, 0.717) is 6.61 Å². The summed E-state index contributed by atoms with van der Waals surface area (Å²) < 4.78 is 6.87. The van der Waals surface area contributed by atoms with Crippen molar-refractivity contribution in [3.05, 3.63) is 88.4 Å². The maximum absolute atomic E-state index is 10.4. The van der Waals surface area contributed by atoms with E-state index in [-0.39, 0.29) is 0 Å². The third-order valence-corrected chi connectivity index (χ3v) is 4.39. The normalized spacial score (nSPS) is 10.8. The van der Waals surface area contributed by atoms with E-state index in [4.69, 9.17) is 9.84 Å². The first-order chi connectivity index (χ1) is 13.6. The Kier molecular flexibility index (Phi) is 6.81. The number of nitrogens with zero attached hydrogens (tertiary/aromatic N) is 1. The van der Waals surface area contributed by atoms with Gasteiger partial charge in [-0.25, -0.2) is 4.79 Å². The lowest BCUT2D eigenvalue weighted by Gasteiger charge is -2.08. The van der Waals surface area contributed by atoms with E-state index < -0.39 is 12.6 Å². The van der Waals surface area contributed by atoms with Gasteiger partial charge in [-0.2, -0.15) is 0 Å². The van der Waals surface area contributed by atoms with Crippen molar-refractivity contribution < 1.29 is 19.5 Å². The van der Waals surface area contributed by atoms with E-state index in [1.165, 1.54) is 6.21 Å². The van der Waals surface area contributed by atoms with E-state index >= 15 is 0 Å². The molecule has 6 heteroatoms. The topological polar surface area (TPSA) is 68.1 Å². The SMILES string of the molecule is O=C(O)CON=Cc1cccc(-c2ccc(OCc3ccc(Br)cc3)cc2)c1. The van der Waals surface area contributed by atoms with Crippen LogP contribution in [0.4, 0.5) is 0 Å². The summed E-state index contributed by atoms with van der Waals surface area (Å²) in [6.07, 6.45) is 1.49. The van der Waals surface area contributed by atoms with Crippen LogP contribution >= 0.6 is 15.9 Å². The quantitative estimate of drug-likeness (QED) is 0.390. The van der Waals surface area contributed by atoms with Gasteiger partial charge in [-0.3, -0.25) is 0 Å². The van der Waals surface area contributed by atoms with Crippen LogP contribution in [0, 0.1) is 0 Å². The summed E-state index contributed by atoms with van der Waals surface area (Å²) in [6.45, 7) is 0.0484. The number of ether oxygens (including phenoxy) is 1. The molecule has 0 amide bonds. The van der Waals surface area contributed by atoms with Crippen molar-refractivity contribution in [3.63, 3.8) is 0 Å². The van der Waals surface area contributed by atoms with E-state index in [9.17, 15) is 4.79 Å². The van der Waals surface area contributed by atoms with Crippen LogP contribution < -0.4 is 4.74 Å². The number of oxime groups is 1. The number of hydrogen-bond donors (Lipinski definition) is 1. The number of carboxylic acid groups (broad SMARTS) is 1. The van der Waals surface area contributed by atoms with Crippen molar-refractivity contribution in [3.8, 4) is 16.9 Å². The fraction of sp³-hybridized carbons (Fsp3) is 0.0909. The van der Waals surface area contributed by atoms with E-state index in [1.54, 1.807) is 0 Å². The third-order valence-electron chi connectivity index (χ3n) is 3.86. The zero-order chi connectivity index (χ0) is 19.8. The van der Waals surface area contributed by atoms with E-state index in [2.05, 4.69) is 25.9 Å². The van der Waals surface area contributed by atoms with Crippen molar-refractivity contribution in [2.45, 2.75) is 6.61 Å². The third kappa shape index (κ3) is 5.96. The highest BCUT2D eigenvalue weighted by Crippen LogP contribution is 2.23. The summed E-state index contributed by atoms with van der Waals surface area (Å²) in [4.78, 5) is 15.1. The molecule has 0 spiro atoms. The predicted octanol–water partition coefficient (Wildman–Crippen LogP) is 5.13. The first-order valence-electron chi connectivity index (χ1n) is 8.55. The molecule has 28 heavy (non-hydrogen) atoms. The Labute approximate surface area is 171 Å². The summed E-state index contributed by atoms with van der Waals surface area (Å²) in [5.74, 6) is -0.264. The van der Waals surface area contributed by atoms with Gasteiger partial charge in [0, 0.05) is 4.47 Å². The molecule has 0 aliphatic carbocycles. The van der Waals surface area contributed by atoms with Crippen LogP contribution in [0.25, 0.3) is 11.1 Å². The number of halogens is 1. The van der Waals surface area contributed by atoms with Gasteiger partial charge in [0.15, 0.2) is 0 Å². The fourth-order valence-corrected chi connectivity index (χ4v) is 2.74.